The second-order valence-corrected chi connectivity index (χ2v) is 13.1. The first kappa shape index (κ1) is 29.7. The highest BCUT2D eigenvalue weighted by Crippen LogP contribution is 2.62. The van der Waals surface area contributed by atoms with Crippen LogP contribution in [0.25, 0.3) is 56.4 Å². The SMILES string of the molecule is N#Cc1ccc(-c2cccc(-c3nc(-c4ccccc4)nc(-c4ccc5c(c4)C4(c6ccccc6Oc6ccccc64)c4ccccc4-5)n3)c2)cc1. The molecular weight excluding hydrogens is 637 g/mol. The first-order valence-corrected chi connectivity index (χ1v) is 17.2. The predicted octanol–water partition coefficient (Wildman–Crippen LogP) is 10.9. The van der Waals surface area contributed by atoms with E-state index < -0.39 is 5.41 Å². The van der Waals surface area contributed by atoms with Gasteiger partial charge in [0.2, 0.25) is 0 Å². The highest BCUT2D eigenvalue weighted by Gasteiger charge is 2.51. The average Bonchev–Trinajstić information content (AvgIpc) is 3.51. The van der Waals surface area contributed by atoms with Gasteiger partial charge in [0.05, 0.1) is 17.0 Å². The second-order valence-electron chi connectivity index (χ2n) is 13.1. The molecule has 0 atom stereocenters. The minimum atomic E-state index is -0.596. The van der Waals surface area contributed by atoms with Crippen molar-refractivity contribution in [2.75, 3.05) is 0 Å². The van der Waals surface area contributed by atoms with E-state index in [1.807, 2.05) is 78.9 Å². The van der Waals surface area contributed by atoms with Crippen LogP contribution in [-0.2, 0) is 5.41 Å². The molecule has 1 spiro atoms. The van der Waals surface area contributed by atoms with Crippen LogP contribution in [0.15, 0.2) is 170 Å². The molecule has 1 aliphatic heterocycles. The molecule has 5 heteroatoms. The lowest BCUT2D eigenvalue weighted by atomic mass is 9.66. The number of benzene rings is 7. The highest BCUT2D eigenvalue weighted by atomic mass is 16.5. The number of ether oxygens (including phenoxy) is 1. The average molecular weight is 665 g/mol. The first-order valence-electron chi connectivity index (χ1n) is 17.2. The van der Waals surface area contributed by atoms with Crippen molar-refractivity contribution in [3.63, 3.8) is 0 Å². The van der Waals surface area contributed by atoms with Crippen LogP contribution in [0.4, 0.5) is 0 Å². The third kappa shape index (κ3) is 4.52. The molecule has 0 fully saturated rings. The third-order valence-corrected chi connectivity index (χ3v) is 10.2. The number of aromatic nitrogens is 3. The van der Waals surface area contributed by atoms with Crippen LogP contribution >= 0.6 is 0 Å². The maximum absolute atomic E-state index is 9.31. The molecule has 0 saturated heterocycles. The van der Waals surface area contributed by atoms with E-state index in [2.05, 4.69) is 97.1 Å². The number of nitriles is 1. The molecule has 0 N–H and O–H groups in total. The molecular formula is C47H28N4O. The number of hydrogen-bond acceptors (Lipinski definition) is 5. The molecule has 52 heavy (non-hydrogen) atoms. The maximum atomic E-state index is 9.31. The lowest BCUT2D eigenvalue weighted by Crippen LogP contribution is -2.32. The fraction of sp³-hybridized carbons (Fsp3) is 0.0213. The van der Waals surface area contributed by atoms with Crippen molar-refractivity contribution >= 4 is 0 Å². The van der Waals surface area contributed by atoms with Crippen LogP contribution in [0.1, 0.15) is 27.8 Å². The van der Waals surface area contributed by atoms with Gasteiger partial charge in [0.25, 0.3) is 0 Å². The summed E-state index contributed by atoms with van der Waals surface area (Å²) in [6, 6.07) is 60.2. The maximum Gasteiger partial charge on any atom is 0.164 e. The molecule has 10 rings (SSSR count). The molecule has 0 radical (unpaired) electrons. The van der Waals surface area contributed by atoms with Crippen molar-refractivity contribution in [3.05, 3.63) is 198 Å². The third-order valence-electron chi connectivity index (χ3n) is 10.2. The minimum Gasteiger partial charge on any atom is -0.457 e. The van der Waals surface area contributed by atoms with Gasteiger partial charge in [0.1, 0.15) is 11.5 Å². The molecule has 0 unspecified atom stereocenters. The zero-order valence-corrected chi connectivity index (χ0v) is 27.9. The van der Waals surface area contributed by atoms with Crippen molar-refractivity contribution in [1.82, 2.24) is 15.0 Å². The monoisotopic (exact) mass is 664 g/mol. The quantitative estimate of drug-likeness (QED) is 0.187. The highest BCUT2D eigenvalue weighted by molar-refractivity contribution is 5.90. The Balaban J connectivity index is 1.19. The van der Waals surface area contributed by atoms with E-state index in [0.29, 0.717) is 23.0 Å². The molecule has 1 aromatic heterocycles. The summed E-state index contributed by atoms with van der Waals surface area (Å²) in [5.41, 5.74) is 11.7. The van der Waals surface area contributed by atoms with E-state index in [1.54, 1.807) is 0 Å². The van der Waals surface area contributed by atoms with E-state index in [-0.39, 0.29) is 0 Å². The summed E-state index contributed by atoms with van der Waals surface area (Å²) in [5.74, 6) is 3.48. The molecule has 1 aliphatic carbocycles. The fourth-order valence-corrected chi connectivity index (χ4v) is 7.92. The van der Waals surface area contributed by atoms with E-state index in [9.17, 15) is 5.26 Å². The minimum absolute atomic E-state index is 0.583. The lowest BCUT2D eigenvalue weighted by molar-refractivity contribution is 0.436. The molecule has 2 aliphatic rings. The van der Waals surface area contributed by atoms with Crippen molar-refractivity contribution in [1.29, 1.82) is 5.26 Å². The van der Waals surface area contributed by atoms with Gasteiger partial charge in [-0.15, -0.1) is 0 Å². The van der Waals surface area contributed by atoms with Gasteiger partial charge in [-0.3, -0.25) is 0 Å². The van der Waals surface area contributed by atoms with Gasteiger partial charge in [-0.05, 0) is 69.8 Å². The zero-order chi connectivity index (χ0) is 34.6. The van der Waals surface area contributed by atoms with Crippen molar-refractivity contribution < 1.29 is 4.74 Å². The van der Waals surface area contributed by atoms with Crippen LogP contribution in [0.3, 0.4) is 0 Å². The standard InChI is InChI=1S/C47H28N4O/c48-29-30-21-23-31(24-22-30)33-13-10-14-34(27-33)45-49-44(32-11-2-1-3-12-32)50-46(51-45)35-25-26-37-36-15-4-5-16-38(36)47(41(37)28-35)39-17-6-8-19-42(39)52-43-20-9-7-18-40(43)47/h1-28H. The van der Waals surface area contributed by atoms with Crippen molar-refractivity contribution in [3.8, 4) is 74.0 Å². The number of para-hydroxylation sites is 2. The molecule has 0 bridgehead atoms. The van der Waals surface area contributed by atoms with Gasteiger partial charge in [-0.25, -0.2) is 15.0 Å². The number of hydrogen-bond donors (Lipinski definition) is 0. The number of nitrogens with zero attached hydrogens (tertiary/aromatic N) is 4. The fourth-order valence-electron chi connectivity index (χ4n) is 7.92. The van der Waals surface area contributed by atoms with Crippen LogP contribution in [0.2, 0.25) is 0 Å². The zero-order valence-electron chi connectivity index (χ0n) is 27.9. The van der Waals surface area contributed by atoms with Gasteiger partial charge in [-0.1, -0.05) is 133 Å². The Morgan fingerprint density at radius 2 is 0.923 bits per heavy atom. The van der Waals surface area contributed by atoms with Gasteiger partial charge >= 0.3 is 0 Å². The smallest absolute Gasteiger partial charge is 0.164 e. The van der Waals surface area contributed by atoms with Gasteiger partial charge in [-0.2, -0.15) is 5.26 Å². The van der Waals surface area contributed by atoms with E-state index in [1.165, 1.54) is 22.3 Å². The summed E-state index contributed by atoms with van der Waals surface area (Å²) < 4.78 is 6.54. The molecule has 0 amide bonds. The van der Waals surface area contributed by atoms with Gasteiger partial charge in [0, 0.05) is 27.8 Å². The van der Waals surface area contributed by atoms with Crippen LogP contribution < -0.4 is 4.74 Å². The Bertz CT molecular complexity index is 2680. The number of fused-ring (bicyclic) bond motifs is 9. The van der Waals surface area contributed by atoms with Crippen LogP contribution in [0, 0.1) is 11.3 Å². The Morgan fingerprint density at radius 3 is 1.62 bits per heavy atom. The molecule has 5 nitrogen and oxygen atoms in total. The van der Waals surface area contributed by atoms with Crippen molar-refractivity contribution in [2.24, 2.45) is 0 Å². The van der Waals surface area contributed by atoms with Crippen LogP contribution in [-0.4, -0.2) is 15.0 Å². The lowest BCUT2D eigenvalue weighted by Gasteiger charge is -2.39. The predicted molar refractivity (Wildman–Crippen MR) is 204 cm³/mol. The number of rotatable bonds is 4. The largest absolute Gasteiger partial charge is 0.457 e. The molecule has 8 aromatic rings. The molecule has 2 heterocycles. The Labute approximate surface area is 301 Å². The second kappa shape index (κ2) is 11.7. The Morgan fingerprint density at radius 1 is 0.404 bits per heavy atom. The summed E-state index contributed by atoms with van der Waals surface area (Å²) in [4.78, 5) is 15.3. The summed E-state index contributed by atoms with van der Waals surface area (Å²) in [6.45, 7) is 0. The van der Waals surface area contributed by atoms with E-state index >= 15 is 0 Å². The summed E-state index contributed by atoms with van der Waals surface area (Å²) in [6.07, 6.45) is 0. The molecule has 242 valence electrons. The Hall–Kier alpha value is -7.16. The first-order chi connectivity index (χ1) is 25.7. The summed E-state index contributed by atoms with van der Waals surface area (Å²) in [7, 11) is 0. The van der Waals surface area contributed by atoms with Gasteiger partial charge in [0.15, 0.2) is 17.5 Å². The van der Waals surface area contributed by atoms with Crippen LogP contribution in [0.5, 0.6) is 11.5 Å². The summed E-state index contributed by atoms with van der Waals surface area (Å²) in [5, 5.41) is 9.31. The Kier molecular flexibility index (Phi) is 6.70. The normalized spacial score (nSPS) is 12.9. The topological polar surface area (TPSA) is 71.7 Å². The molecule has 7 aromatic carbocycles. The van der Waals surface area contributed by atoms with Crippen molar-refractivity contribution in [2.45, 2.75) is 5.41 Å². The molecule has 0 saturated carbocycles. The van der Waals surface area contributed by atoms with E-state index in [4.69, 9.17) is 19.7 Å². The van der Waals surface area contributed by atoms with Gasteiger partial charge < -0.3 is 4.74 Å². The summed E-state index contributed by atoms with van der Waals surface area (Å²) >= 11 is 0. The van der Waals surface area contributed by atoms with E-state index in [0.717, 1.165) is 50.4 Å².